The van der Waals surface area contributed by atoms with E-state index in [1.165, 1.54) is 12.1 Å². The van der Waals surface area contributed by atoms with Gasteiger partial charge >= 0.3 is 5.97 Å². The summed E-state index contributed by atoms with van der Waals surface area (Å²) in [5.41, 5.74) is 0.279. The van der Waals surface area contributed by atoms with Crippen LogP contribution in [0.4, 0.5) is 0 Å². The number of nitrogens with zero attached hydrogens (tertiary/aromatic N) is 1. The molecule has 0 saturated carbocycles. The molecule has 0 aromatic carbocycles. The lowest BCUT2D eigenvalue weighted by Gasteiger charge is -2.19. The smallest absolute Gasteiger partial charge is 0.338 e. The normalized spacial score (nSPS) is 11.1. The Morgan fingerprint density at radius 2 is 2.00 bits per heavy atom. The molecule has 1 rings (SSSR count). The third-order valence-electron chi connectivity index (χ3n) is 2.22. The van der Waals surface area contributed by atoms with Crippen molar-refractivity contribution in [3.05, 3.63) is 29.1 Å². The van der Waals surface area contributed by atoms with Crippen molar-refractivity contribution in [2.45, 2.75) is 39.2 Å². The van der Waals surface area contributed by atoms with Crippen molar-refractivity contribution < 1.29 is 14.3 Å². The quantitative estimate of drug-likeness (QED) is 0.685. The fraction of sp³-hybridized carbons (Fsp3) is 0.500. The fourth-order valence-electron chi connectivity index (χ4n) is 1.48. The Balaban J connectivity index is 3.10. The predicted molar refractivity (Wildman–Crippen MR) is 77.0 cm³/mol. The van der Waals surface area contributed by atoms with Crippen LogP contribution in [-0.4, -0.2) is 29.0 Å². The average molecular weight is 299 g/mol. The number of ether oxygens (including phenoxy) is 1. The van der Waals surface area contributed by atoms with Crippen molar-refractivity contribution in [3.63, 3.8) is 0 Å². The summed E-state index contributed by atoms with van der Waals surface area (Å²) in [4.78, 5) is 27.9. The van der Waals surface area contributed by atoms with Crippen LogP contribution in [0.1, 0.15) is 54.2 Å². The van der Waals surface area contributed by atoms with Crippen LogP contribution in [0, 0.1) is 0 Å². The lowest BCUT2D eigenvalue weighted by molar-refractivity contribution is 0.00692. The number of carbonyl (C=O) groups excluding carboxylic acids is 2. The second-order valence-electron chi connectivity index (χ2n) is 5.23. The predicted octanol–water partition coefficient (Wildman–Crippen LogP) is 2.53. The van der Waals surface area contributed by atoms with Crippen molar-refractivity contribution in [1.29, 1.82) is 0 Å². The maximum Gasteiger partial charge on any atom is 0.338 e. The van der Waals surface area contributed by atoms with E-state index in [1.54, 1.807) is 27.7 Å². The van der Waals surface area contributed by atoms with Gasteiger partial charge in [-0.3, -0.25) is 4.79 Å². The van der Waals surface area contributed by atoms with E-state index in [1.807, 2.05) is 0 Å². The van der Waals surface area contributed by atoms with E-state index in [2.05, 4.69) is 10.3 Å². The van der Waals surface area contributed by atoms with E-state index in [0.717, 1.165) is 0 Å². The van der Waals surface area contributed by atoms with Gasteiger partial charge in [0.05, 0.1) is 17.1 Å². The molecule has 0 fully saturated rings. The second kappa shape index (κ2) is 6.70. The maximum atomic E-state index is 12.0. The van der Waals surface area contributed by atoms with Gasteiger partial charge in [0.25, 0.3) is 5.91 Å². The Hall–Kier alpha value is -1.62. The minimum absolute atomic E-state index is 0.114. The molecule has 0 atom stereocenters. The lowest BCUT2D eigenvalue weighted by Crippen LogP contribution is -2.26. The van der Waals surface area contributed by atoms with E-state index in [-0.39, 0.29) is 23.0 Å². The molecular weight excluding hydrogens is 280 g/mol. The highest BCUT2D eigenvalue weighted by Gasteiger charge is 2.20. The molecule has 1 aromatic rings. The van der Waals surface area contributed by atoms with Crippen LogP contribution in [-0.2, 0) is 10.6 Å². The van der Waals surface area contributed by atoms with E-state index < -0.39 is 11.6 Å². The zero-order chi connectivity index (χ0) is 15.3. The summed E-state index contributed by atoms with van der Waals surface area (Å²) in [6.45, 7) is 7.61. The molecule has 0 saturated heterocycles. The zero-order valence-electron chi connectivity index (χ0n) is 12.1. The van der Waals surface area contributed by atoms with Gasteiger partial charge in [-0.15, -0.1) is 11.6 Å². The van der Waals surface area contributed by atoms with E-state index in [4.69, 9.17) is 16.3 Å². The number of pyridine rings is 1. The van der Waals surface area contributed by atoms with Gasteiger partial charge < -0.3 is 10.1 Å². The molecule has 0 bridgehead atoms. The van der Waals surface area contributed by atoms with Gasteiger partial charge in [-0.05, 0) is 39.8 Å². The monoisotopic (exact) mass is 298 g/mol. The number of esters is 1. The molecule has 0 aliphatic heterocycles. The first kappa shape index (κ1) is 16.4. The maximum absolute atomic E-state index is 12.0. The van der Waals surface area contributed by atoms with Crippen LogP contribution in [0.15, 0.2) is 12.1 Å². The van der Waals surface area contributed by atoms with E-state index >= 15 is 0 Å². The van der Waals surface area contributed by atoms with Gasteiger partial charge in [0, 0.05) is 6.54 Å². The molecule has 20 heavy (non-hydrogen) atoms. The van der Waals surface area contributed by atoms with Crippen molar-refractivity contribution in [2.24, 2.45) is 0 Å². The molecule has 0 unspecified atom stereocenters. The van der Waals surface area contributed by atoms with Crippen LogP contribution in [0.2, 0.25) is 0 Å². The summed E-state index contributed by atoms with van der Waals surface area (Å²) in [5, 5.41) is 2.63. The van der Waals surface area contributed by atoms with Gasteiger partial charge in [0.2, 0.25) is 0 Å². The van der Waals surface area contributed by atoms with Crippen LogP contribution in [0.5, 0.6) is 0 Å². The number of carbonyl (C=O) groups is 2. The summed E-state index contributed by atoms with van der Waals surface area (Å²) in [5.74, 6) is -0.732. The minimum Gasteiger partial charge on any atom is -0.456 e. The Bertz CT molecular complexity index is 510. The number of rotatable bonds is 4. The Labute approximate surface area is 123 Å². The summed E-state index contributed by atoms with van der Waals surface area (Å²) in [6.07, 6.45) is 0. The van der Waals surface area contributed by atoms with Crippen LogP contribution in [0.25, 0.3) is 0 Å². The van der Waals surface area contributed by atoms with Gasteiger partial charge in [0.1, 0.15) is 11.3 Å². The molecule has 0 aliphatic rings. The highest BCUT2D eigenvalue weighted by Crippen LogP contribution is 2.15. The molecule has 0 aliphatic carbocycles. The van der Waals surface area contributed by atoms with Crippen LogP contribution in [0.3, 0.4) is 0 Å². The van der Waals surface area contributed by atoms with Crippen molar-refractivity contribution in [2.75, 3.05) is 6.54 Å². The first-order chi connectivity index (χ1) is 9.26. The van der Waals surface area contributed by atoms with Gasteiger partial charge in [-0.1, -0.05) is 0 Å². The average Bonchev–Trinajstić information content (AvgIpc) is 2.36. The van der Waals surface area contributed by atoms with E-state index in [9.17, 15) is 9.59 Å². The Morgan fingerprint density at radius 3 is 2.50 bits per heavy atom. The number of amides is 1. The molecule has 1 amide bonds. The number of hydrogen-bond acceptors (Lipinski definition) is 4. The largest absolute Gasteiger partial charge is 0.456 e. The summed E-state index contributed by atoms with van der Waals surface area (Å²) in [7, 11) is 0. The first-order valence-electron chi connectivity index (χ1n) is 6.35. The topological polar surface area (TPSA) is 68.3 Å². The van der Waals surface area contributed by atoms with Crippen molar-refractivity contribution in [3.8, 4) is 0 Å². The highest BCUT2D eigenvalue weighted by molar-refractivity contribution is 6.17. The third-order valence-corrected chi connectivity index (χ3v) is 2.49. The van der Waals surface area contributed by atoms with Gasteiger partial charge in [0.15, 0.2) is 0 Å². The standard InChI is InChI=1S/C14H19ClN2O3/c1-5-16-12(18)11-7-9(6-10(8-15)17-11)13(19)20-14(2,3)4/h6-7H,5,8H2,1-4H3,(H,16,18). The van der Waals surface area contributed by atoms with Crippen molar-refractivity contribution >= 4 is 23.5 Å². The van der Waals surface area contributed by atoms with Gasteiger partial charge in [-0.2, -0.15) is 0 Å². The molecule has 110 valence electrons. The minimum atomic E-state index is -0.604. The van der Waals surface area contributed by atoms with E-state index in [0.29, 0.717) is 12.2 Å². The Morgan fingerprint density at radius 1 is 1.35 bits per heavy atom. The number of alkyl halides is 1. The third kappa shape index (κ3) is 4.81. The van der Waals surface area contributed by atoms with Crippen LogP contribution >= 0.6 is 11.6 Å². The molecule has 6 heteroatoms. The number of halogens is 1. The lowest BCUT2D eigenvalue weighted by atomic mass is 10.1. The zero-order valence-corrected chi connectivity index (χ0v) is 12.9. The number of aromatic nitrogens is 1. The summed E-state index contributed by atoms with van der Waals surface area (Å²) < 4.78 is 5.28. The van der Waals surface area contributed by atoms with Gasteiger partial charge in [-0.25, -0.2) is 9.78 Å². The number of nitrogens with one attached hydrogen (secondary N) is 1. The molecule has 5 nitrogen and oxygen atoms in total. The molecule has 1 heterocycles. The molecular formula is C14H19ClN2O3. The second-order valence-corrected chi connectivity index (χ2v) is 5.49. The molecule has 1 N–H and O–H groups in total. The summed E-state index contributed by atoms with van der Waals surface area (Å²) in [6, 6.07) is 2.94. The SMILES string of the molecule is CCNC(=O)c1cc(C(=O)OC(C)(C)C)cc(CCl)n1. The highest BCUT2D eigenvalue weighted by atomic mass is 35.5. The molecule has 0 spiro atoms. The molecule has 1 aromatic heterocycles. The first-order valence-corrected chi connectivity index (χ1v) is 6.88. The van der Waals surface area contributed by atoms with Crippen molar-refractivity contribution in [1.82, 2.24) is 10.3 Å². The number of hydrogen-bond donors (Lipinski definition) is 1. The summed E-state index contributed by atoms with van der Waals surface area (Å²) >= 11 is 5.74. The Kier molecular flexibility index (Phi) is 5.51. The fourth-order valence-corrected chi connectivity index (χ4v) is 1.62. The molecule has 0 radical (unpaired) electrons. The van der Waals surface area contributed by atoms with Crippen LogP contribution < -0.4 is 5.32 Å².